The van der Waals surface area contributed by atoms with Crippen LogP contribution in [0.15, 0.2) is 30.3 Å². The van der Waals surface area contributed by atoms with Crippen LogP contribution >= 0.6 is 11.3 Å². The molecule has 2 aromatic rings. The molecule has 0 amide bonds. The predicted octanol–water partition coefficient (Wildman–Crippen LogP) is 3.76. The summed E-state index contributed by atoms with van der Waals surface area (Å²) in [4.78, 5) is 5.83. The van der Waals surface area contributed by atoms with Crippen LogP contribution in [-0.2, 0) is 6.42 Å². The standard InChI is InChI=1S/C12H14N2S/c1-3-11-9(2)15-12(14-11)13-10-7-5-4-6-8-10/h4-8H,3H2,1-2H3,(H,13,14). The summed E-state index contributed by atoms with van der Waals surface area (Å²) < 4.78 is 0. The molecule has 0 aliphatic rings. The lowest BCUT2D eigenvalue weighted by atomic mass is 10.3. The van der Waals surface area contributed by atoms with Crippen molar-refractivity contribution >= 4 is 22.2 Å². The Hall–Kier alpha value is -1.35. The molecule has 1 N–H and O–H groups in total. The number of thiazole rings is 1. The number of nitrogens with one attached hydrogen (secondary N) is 1. The normalized spacial score (nSPS) is 10.3. The maximum Gasteiger partial charge on any atom is 0.187 e. The Balaban J connectivity index is 2.18. The minimum atomic E-state index is 0.982. The molecular formula is C12H14N2S. The van der Waals surface area contributed by atoms with Gasteiger partial charge in [-0.2, -0.15) is 0 Å². The Morgan fingerprint density at radius 2 is 2.00 bits per heavy atom. The highest BCUT2D eigenvalue weighted by atomic mass is 32.1. The Morgan fingerprint density at radius 3 is 2.60 bits per heavy atom. The summed E-state index contributed by atoms with van der Waals surface area (Å²) in [5.74, 6) is 0. The van der Waals surface area contributed by atoms with Gasteiger partial charge in [-0.25, -0.2) is 4.98 Å². The second kappa shape index (κ2) is 4.45. The summed E-state index contributed by atoms with van der Waals surface area (Å²) in [6.07, 6.45) is 0.999. The zero-order valence-corrected chi connectivity index (χ0v) is 9.77. The minimum absolute atomic E-state index is 0.982. The topological polar surface area (TPSA) is 24.9 Å². The zero-order chi connectivity index (χ0) is 10.7. The van der Waals surface area contributed by atoms with Gasteiger partial charge in [0.05, 0.1) is 5.69 Å². The van der Waals surface area contributed by atoms with Gasteiger partial charge in [0.15, 0.2) is 5.13 Å². The van der Waals surface area contributed by atoms with Gasteiger partial charge in [0, 0.05) is 10.6 Å². The number of hydrogen-bond donors (Lipinski definition) is 1. The highest BCUT2D eigenvalue weighted by molar-refractivity contribution is 7.15. The Labute approximate surface area is 94.0 Å². The van der Waals surface area contributed by atoms with Crippen LogP contribution in [0.5, 0.6) is 0 Å². The molecule has 0 unspecified atom stereocenters. The molecular weight excluding hydrogens is 204 g/mol. The van der Waals surface area contributed by atoms with Crippen molar-refractivity contribution in [2.75, 3.05) is 5.32 Å². The second-order valence-electron chi connectivity index (χ2n) is 3.37. The smallest absolute Gasteiger partial charge is 0.187 e. The Bertz CT molecular complexity index is 434. The maximum atomic E-state index is 4.53. The van der Waals surface area contributed by atoms with E-state index in [1.807, 2.05) is 30.3 Å². The van der Waals surface area contributed by atoms with Crippen LogP contribution in [-0.4, -0.2) is 4.98 Å². The largest absolute Gasteiger partial charge is 0.332 e. The SMILES string of the molecule is CCc1nc(Nc2ccccc2)sc1C. The molecule has 2 rings (SSSR count). The van der Waals surface area contributed by atoms with Crippen molar-refractivity contribution in [2.24, 2.45) is 0 Å². The van der Waals surface area contributed by atoms with Gasteiger partial charge in [0.2, 0.25) is 0 Å². The third kappa shape index (κ3) is 2.36. The van der Waals surface area contributed by atoms with E-state index in [4.69, 9.17) is 0 Å². The molecule has 0 spiro atoms. The molecule has 1 aromatic carbocycles. The summed E-state index contributed by atoms with van der Waals surface area (Å²) in [5, 5.41) is 4.29. The van der Waals surface area contributed by atoms with Crippen LogP contribution in [0.2, 0.25) is 0 Å². The van der Waals surface area contributed by atoms with Crippen molar-refractivity contribution in [2.45, 2.75) is 20.3 Å². The van der Waals surface area contributed by atoms with Crippen LogP contribution < -0.4 is 5.32 Å². The third-order valence-corrected chi connectivity index (χ3v) is 3.18. The summed E-state index contributed by atoms with van der Waals surface area (Å²) in [6, 6.07) is 10.1. The van der Waals surface area contributed by atoms with E-state index in [2.05, 4.69) is 24.1 Å². The first-order valence-electron chi connectivity index (χ1n) is 5.08. The number of aromatic nitrogens is 1. The van der Waals surface area contributed by atoms with E-state index < -0.39 is 0 Å². The molecule has 0 aliphatic carbocycles. The second-order valence-corrected chi connectivity index (χ2v) is 4.57. The number of hydrogen-bond acceptors (Lipinski definition) is 3. The monoisotopic (exact) mass is 218 g/mol. The van der Waals surface area contributed by atoms with Crippen LogP contribution in [0.3, 0.4) is 0 Å². The molecule has 0 atom stereocenters. The van der Waals surface area contributed by atoms with Crippen LogP contribution in [0.1, 0.15) is 17.5 Å². The summed E-state index contributed by atoms with van der Waals surface area (Å²) in [7, 11) is 0. The fraction of sp³-hybridized carbons (Fsp3) is 0.250. The Kier molecular flexibility index (Phi) is 3.02. The van der Waals surface area contributed by atoms with E-state index in [1.54, 1.807) is 11.3 Å². The molecule has 0 bridgehead atoms. The molecule has 0 radical (unpaired) electrons. The molecule has 78 valence electrons. The number of para-hydroxylation sites is 1. The molecule has 0 saturated carbocycles. The number of aryl methyl sites for hydroxylation is 2. The molecule has 1 aromatic heterocycles. The lowest BCUT2D eigenvalue weighted by molar-refractivity contribution is 1.05. The lowest BCUT2D eigenvalue weighted by Gasteiger charge is -2.00. The van der Waals surface area contributed by atoms with E-state index in [-0.39, 0.29) is 0 Å². The van der Waals surface area contributed by atoms with Crippen LogP contribution in [0.25, 0.3) is 0 Å². The van der Waals surface area contributed by atoms with Gasteiger partial charge in [-0.3, -0.25) is 0 Å². The molecule has 1 heterocycles. The first-order chi connectivity index (χ1) is 7.29. The summed E-state index contributed by atoms with van der Waals surface area (Å²) in [6.45, 7) is 4.25. The van der Waals surface area contributed by atoms with E-state index >= 15 is 0 Å². The van der Waals surface area contributed by atoms with Gasteiger partial charge in [0.1, 0.15) is 0 Å². The molecule has 3 heteroatoms. The molecule has 0 fully saturated rings. The summed E-state index contributed by atoms with van der Waals surface area (Å²) in [5.41, 5.74) is 2.28. The van der Waals surface area contributed by atoms with Crippen LogP contribution in [0, 0.1) is 6.92 Å². The quantitative estimate of drug-likeness (QED) is 0.848. The zero-order valence-electron chi connectivity index (χ0n) is 8.95. The van der Waals surface area contributed by atoms with E-state index in [9.17, 15) is 0 Å². The van der Waals surface area contributed by atoms with E-state index in [1.165, 1.54) is 10.6 Å². The van der Waals surface area contributed by atoms with Gasteiger partial charge >= 0.3 is 0 Å². The van der Waals surface area contributed by atoms with Gasteiger partial charge in [-0.1, -0.05) is 25.1 Å². The first kappa shape index (κ1) is 10.2. The summed E-state index contributed by atoms with van der Waals surface area (Å²) >= 11 is 1.71. The van der Waals surface area contributed by atoms with E-state index in [0.717, 1.165) is 17.2 Å². The highest BCUT2D eigenvalue weighted by Gasteiger charge is 2.05. The molecule has 0 aliphatic heterocycles. The number of rotatable bonds is 3. The van der Waals surface area contributed by atoms with Crippen molar-refractivity contribution in [3.63, 3.8) is 0 Å². The average Bonchev–Trinajstić information content (AvgIpc) is 2.60. The van der Waals surface area contributed by atoms with Gasteiger partial charge in [-0.05, 0) is 25.5 Å². The van der Waals surface area contributed by atoms with Gasteiger partial charge in [-0.15, -0.1) is 11.3 Å². The lowest BCUT2D eigenvalue weighted by Crippen LogP contribution is -1.89. The van der Waals surface area contributed by atoms with Crippen LogP contribution in [0.4, 0.5) is 10.8 Å². The number of nitrogens with zero attached hydrogens (tertiary/aromatic N) is 1. The predicted molar refractivity (Wildman–Crippen MR) is 66.0 cm³/mol. The first-order valence-corrected chi connectivity index (χ1v) is 5.89. The maximum absolute atomic E-state index is 4.53. The van der Waals surface area contributed by atoms with Crippen molar-refractivity contribution < 1.29 is 0 Å². The van der Waals surface area contributed by atoms with Crippen molar-refractivity contribution in [1.82, 2.24) is 4.98 Å². The number of benzene rings is 1. The molecule has 15 heavy (non-hydrogen) atoms. The molecule has 2 nitrogen and oxygen atoms in total. The minimum Gasteiger partial charge on any atom is -0.332 e. The van der Waals surface area contributed by atoms with E-state index in [0.29, 0.717) is 0 Å². The van der Waals surface area contributed by atoms with Crippen molar-refractivity contribution in [3.05, 3.63) is 40.9 Å². The van der Waals surface area contributed by atoms with Crippen molar-refractivity contribution in [1.29, 1.82) is 0 Å². The number of anilines is 2. The fourth-order valence-corrected chi connectivity index (χ4v) is 2.38. The van der Waals surface area contributed by atoms with Gasteiger partial charge in [0.25, 0.3) is 0 Å². The highest BCUT2D eigenvalue weighted by Crippen LogP contribution is 2.25. The Morgan fingerprint density at radius 1 is 1.27 bits per heavy atom. The van der Waals surface area contributed by atoms with Gasteiger partial charge < -0.3 is 5.32 Å². The van der Waals surface area contributed by atoms with Crippen molar-refractivity contribution in [3.8, 4) is 0 Å². The fourth-order valence-electron chi connectivity index (χ4n) is 1.45. The molecule has 0 saturated heterocycles. The third-order valence-electron chi connectivity index (χ3n) is 2.25. The average molecular weight is 218 g/mol.